The fourth-order valence-corrected chi connectivity index (χ4v) is 1.58. The molecule has 2 rings (SSSR count). The molecule has 0 saturated heterocycles. The zero-order valence-electron chi connectivity index (χ0n) is 9.30. The van der Waals surface area contributed by atoms with Gasteiger partial charge in [0.15, 0.2) is 5.75 Å². The molecular weight excluding hydrogens is 224 g/mol. The quantitative estimate of drug-likeness (QED) is 0.640. The van der Waals surface area contributed by atoms with Gasteiger partial charge in [-0.3, -0.25) is 10.1 Å². The van der Waals surface area contributed by atoms with Crippen LogP contribution >= 0.6 is 0 Å². The summed E-state index contributed by atoms with van der Waals surface area (Å²) in [6, 6.07) is 2.93. The monoisotopic (exact) mass is 234 g/mol. The smallest absolute Gasteiger partial charge is 0.311 e. The van der Waals surface area contributed by atoms with Crippen molar-refractivity contribution in [3.63, 3.8) is 0 Å². The third-order valence-electron chi connectivity index (χ3n) is 2.37. The maximum atomic E-state index is 10.9. The lowest BCUT2D eigenvalue weighted by Crippen LogP contribution is -1.98. The Morgan fingerprint density at radius 3 is 2.76 bits per heavy atom. The van der Waals surface area contributed by atoms with Crippen LogP contribution < -0.4 is 10.1 Å². The third-order valence-corrected chi connectivity index (χ3v) is 2.37. The van der Waals surface area contributed by atoms with Crippen molar-refractivity contribution >= 4 is 22.4 Å². The summed E-state index contributed by atoms with van der Waals surface area (Å²) in [4.78, 5) is 18.4. The second kappa shape index (κ2) is 4.20. The molecule has 0 amide bonds. The Hall–Kier alpha value is -2.44. The fraction of sp³-hybridized carbons (Fsp3) is 0.200. The van der Waals surface area contributed by atoms with E-state index in [4.69, 9.17) is 4.74 Å². The molecule has 7 heteroatoms. The van der Waals surface area contributed by atoms with Crippen molar-refractivity contribution in [2.75, 3.05) is 19.5 Å². The molecule has 1 aromatic carbocycles. The van der Waals surface area contributed by atoms with Crippen LogP contribution in [0.5, 0.6) is 5.75 Å². The molecule has 0 aliphatic carbocycles. The summed E-state index contributed by atoms with van der Waals surface area (Å²) in [5, 5.41) is 14.3. The molecular formula is C10H10N4O3. The van der Waals surface area contributed by atoms with Crippen molar-refractivity contribution in [1.29, 1.82) is 0 Å². The largest absolute Gasteiger partial charge is 0.490 e. The van der Waals surface area contributed by atoms with Crippen LogP contribution in [0.4, 0.5) is 11.5 Å². The van der Waals surface area contributed by atoms with Crippen molar-refractivity contribution in [2.24, 2.45) is 0 Å². The first-order valence-corrected chi connectivity index (χ1v) is 4.82. The second-order valence-electron chi connectivity index (χ2n) is 3.27. The van der Waals surface area contributed by atoms with E-state index in [9.17, 15) is 10.1 Å². The van der Waals surface area contributed by atoms with Gasteiger partial charge in [-0.2, -0.15) is 0 Å². The van der Waals surface area contributed by atoms with Crippen LogP contribution in [-0.2, 0) is 0 Å². The number of nitrogens with zero attached hydrogens (tertiary/aromatic N) is 3. The van der Waals surface area contributed by atoms with Crippen LogP contribution in [0.3, 0.4) is 0 Å². The molecule has 0 radical (unpaired) electrons. The van der Waals surface area contributed by atoms with Crippen LogP contribution in [-0.4, -0.2) is 29.0 Å². The Balaban J connectivity index is 2.78. The molecule has 2 aromatic rings. The number of nitro groups is 1. The minimum absolute atomic E-state index is 0.105. The van der Waals surface area contributed by atoms with Crippen molar-refractivity contribution in [3.05, 3.63) is 28.6 Å². The van der Waals surface area contributed by atoms with Crippen LogP contribution in [0.2, 0.25) is 0 Å². The van der Waals surface area contributed by atoms with Gasteiger partial charge >= 0.3 is 5.69 Å². The fourth-order valence-electron chi connectivity index (χ4n) is 1.58. The topological polar surface area (TPSA) is 90.2 Å². The standard InChI is InChI=1S/C10H10N4O3/c1-11-10-6-3-8(14(15)16)9(17-2)4-7(6)12-5-13-10/h3-5H,1-2H3,(H,11,12,13). The highest BCUT2D eigenvalue weighted by molar-refractivity contribution is 5.92. The number of benzene rings is 1. The Kier molecular flexibility index (Phi) is 2.73. The molecule has 0 unspecified atom stereocenters. The van der Waals surface area contributed by atoms with E-state index in [0.717, 1.165) is 0 Å². The van der Waals surface area contributed by atoms with Gasteiger partial charge < -0.3 is 10.1 Å². The molecule has 0 aliphatic heterocycles. The van der Waals surface area contributed by atoms with E-state index >= 15 is 0 Å². The van der Waals surface area contributed by atoms with Gasteiger partial charge in [-0.25, -0.2) is 9.97 Å². The number of rotatable bonds is 3. The van der Waals surface area contributed by atoms with E-state index < -0.39 is 4.92 Å². The first-order chi connectivity index (χ1) is 8.17. The molecule has 0 saturated carbocycles. The van der Waals surface area contributed by atoms with Crippen molar-refractivity contribution < 1.29 is 9.66 Å². The van der Waals surface area contributed by atoms with E-state index in [1.165, 1.54) is 25.6 Å². The summed E-state index contributed by atoms with van der Waals surface area (Å²) in [7, 11) is 3.08. The lowest BCUT2D eigenvalue weighted by molar-refractivity contribution is -0.385. The van der Waals surface area contributed by atoms with Crippen molar-refractivity contribution in [2.45, 2.75) is 0 Å². The molecule has 7 nitrogen and oxygen atoms in total. The molecule has 0 atom stereocenters. The summed E-state index contributed by atoms with van der Waals surface area (Å²) >= 11 is 0. The van der Waals surface area contributed by atoms with E-state index in [0.29, 0.717) is 16.7 Å². The van der Waals surface area contributed by atoms with E-state index in [-0.39, 0.29) is 11.4 Å². The minimum atomic E-state index is -0.495. The molecule has 1 heterocycles. The number of aromatic nitrogens is 2. The molecule has 17 heavy (non-hydrogen) atoms. The maximum Gasteiger partial charge on any atom is 0.311 e. The van der Waals surface area contributed by atoms with Gasteiger partial charge in [0.05, 0.1) is 17.5 Å². The molecule has 0 spiro atoms. The summed E-state index contributed by atoms with van der Waals surface area (Å²) in [5.74, 6) is 0.726. The lowest BCUT2D eigenvalue weighted by atomic mass is 10.2. The average Bonchev–Trinajstić information content (AvgIpc) is 2.36. The van der Waals surface area contributed by atoms with Crippen molar-refractivity contribution in [1.82, 2.24) is 9.97 Å². The SMILES string of the molecule is CNc1ncnc2cc(OC)c([N+](=O)[O-])cc12. The average molecular weight is 234 g/mol. The van der Waals surface area contributed by atoms with Crippen LogP contribution in [0.25, 0.3) is 10.9 Å². The zero-order chi connectivity index (χ0) is 12.4. The van der Waals surface area contributed by atoms with E-state index in [1.807, 2.05) is 0 Å². The van der Waals surface area contributed by atoms with Gasteiger partial charge in [-0.15, -0.1) is 0 Å². The highest BCUT2D eigenvalue weighted by atomic mass is 16.6. The van der Waals surface area contributed by atoms with E-state index in [1.54, 1.807) is 7.05 Å². The first kappa shape index (κ1) is 11.1. The first-order valence-electron chi connectivity index (χ1n) is 4.82. The van der Waals surface area contributed by atoms with Crippen molar-refractivity contribution in [3.8, 4) is 5.75 Å². The molecule has 0 fully saturated rings. The van der Waals surface area contributed by atoms with Gasteiger partial charge in [0, 0.05) is 24.6 Å². The summed E-state index contributed by atoms with van der Waals surface area (Å²) in [6.45, 7) is 0. The third kappa shape index (κ3) is 1.82. The molecule has 0 aliphatic rings. The van der Waals surface area contributed by atoms with Crippen LogP contribution in [0, 0.1) is 10.1 Å². The number of hydrogen-bond donors (Lipinski definition) is 1. The number of fused-ring (bicyclic) bond motifs is 1. The van der Waals surface area contributed by atoms with E-state index in [2.05, 4.69) is 15.3 Å². The number of nitro benzene ring substituents is 1. The molecule has 0 bridgehead atoms. The highest BCUT2D eigenvalue weighted by Gasteiger charge is 2.17. The van der Waals surface area contributed by atoms with Gasteiger partial charge in [0.2, 0.25) is 0 Å². The van der Waals surface area contributed by atoms with Gasteiger partial charge in [0.1, 0.15) is 12.1 Å². The minimum Gasteiger partial charge on any atom is -0.490 e. The van der Waals surface area contributed by atoms with Gasteiger partial charge in [-0.1, -0.05) is 0 Å². The Morgan fingerprint density at radius 2 is 2.18 bits per heavy atom. The predicted molar refractivity (Wildman–Crippen MR) is 62.3 cm³/mol. The lowest BCUT2D eigenvalue weighted by Gasteiger charge is -2.06. The summed E-state index contributed by atoms with van der Waals surface area (Å²) < 4.78 is 4.97. The molecule has 1 aromatic heterocycles. The predicted octanol–water partition coefficient (Wildman–Crippen LogP) is 1.59. The molecule has 1 N–H and O–H groups in total. The van der Waals surface area contributed by atoms with Crippen LogP contribution in [0.15, 0.2) is 18.5 Å². The van der Waals surface area contributed by atoms with Gasteiger partial charge in [0.25, 0.3) is 0 Å². The summed E-state index contributed by atoms with van der Waals surface area (Å²) in [6.07, 6.45) is 1.39. The second-order valence-corrected chi connectivity index (χ2v) is 3.27. The number of ether oxygens (including phenoxy) is 1. The van der Waals surface area contributed by atoms with Crippen LogP contribution in [0.1, 0.15) is 0 Å². The Morgan fingerprint density at radius 1 is 1.41 bits per heavy atom. The highest BCUT2D eigenvalue weighted by Crippen LogP contribution is 2.33. The maximum absolute atomic E-state index is 10.9. The zero-order valence-corrected chi connectivity index (χ0v) is 9.30. The number of methoxy groups -OCH3 is 1. The molecule has 88 valence electrons. The van der Waals surface area contributed by atoms with Gasteiger partial charge in [-0.05, 0) is 0 Å². The number of nitrogens with one attached hydrogen (secondary N) is 1. The Bertz CT molecular complexity index is 585. The number of hydrogen-bond acceptors (Lipinski definition) is 6. The Labute approximate surface area is 96.6 Å². The number of anilines is 1. The summed E-state index contributed by atoms with van der Waals surface area (Å²) in [5.41, 5.74) is 0.484. The normalized spacial score (nSPS) is 10.2.